The molecule has 14 nitrogen and oxygen atoms in total. The van der Waals surface area contributed by atoms with Crippen molar-refractivity contribution in [2.75, 3.05) is 19.8 Å². The van der Waals surface area contributed by atoms with E-state index in [2.05, 4.69) is 11.8 Å². The van der Waals surface area contributed by atoms with Crippen LogP contribution in [0.2, 0.25) is 0 Å². The molecule has 256 valence electrons. The molecule has 14 heteroatoms. The number of allylic oxidation sites excluding steroid dienone is 1. The van der Waals surface area contributed by atoms with Crippen molar-refractivity contribution in [1.82, 2.24) is 0 Å². The number of phenols is 2. The third-order valence-electron chi connectivity index (χ3n) is 11.1. The van der Waals surface area contributed by atoms with Gasteiger partial charge >= 0.3 is 12.1 Å². The first kappa shape index (κ1) is 34.1. The monoisotopic (exact) mass is 659 g/mol. The van der Waals surface area contributed by atoms with Gasteiger partial charge in [0.05, 0.1) is 24.9 Å². The topological polar surface area (TPSA) is 209 Å². The zero-order chi connectivity index (χ0) is 34.1. The highest BCUT2D eigenvalue weighted by molar-refractivity contribution is 5.92. The number of nitrogens with zero attached hydrogens (tertiary/aromatic N) is 1. The van der Waals surface area contributed by atoms with E-state index < -0.39 is 58.5 Å². The van der Waals surface area contributed by atoms with E-state index in [0.717, 1.165) is 43.4 Å². The highest BCUT2D eigenvalue weighted by Gasteiger charge is 2.63. The standard InChI is InChI=1S/C33H41NO13/c1-32-10-9-20(35)15-19(32)5-6-21-22-7-8-23(33(22,2)16-25(37)28(21)32)26(38)17-45-31(41)47-27-14-18(13-24(36)29(27)39)30(40)44-11-3-4-12-46-34(42)43/h13-15,21-23,25,28,36-37,39H,3-12,16-17H2,1-2H3. The lowest BCUT2D eigenvalue weighted by molar-refractivity contribution is -0.757. The van der Waals surface area contributed by atoms with E-state index in [1.54, 1.807) is 6.08 Å². The van der Waals surface area contributed by atoms with Gasteiger partial charge in [0.1, 0.15) is 0 Å². The Balaban J connectivity index is 1.17. The highest BCUT2D eigenvalue weighted by atomic mass is 16.9. The molecule has 5 rings (SSSR count). The number of ether oxygens (including phenoxy) is 3. The molecule has 0 heterocycles. The molecule has 3 N–H and O–H groups in total. The normalized spacial score (nSPS) is 31.0. The van der Waals surface area contributed by atoms with Gasteiger partial charge in [-0.15, -0.1) is 10.1 Å². The van der Waals surface area contributed by atoms with Gasteiger partial charge in [0, 0.05) is 12.3 Å². The van der Waals surface area contributed by atoms with Crippen LogP contribution in [0.5, 0.6) is 17.2 Å². The predicted molar refractivity (Wildman–Crippen MR) is 161 cm³/mol. The molecule has 0 saturated heterocycles. The fourth-order valence-electron chi connectivity index (χ4n) is 8.95. The summed E-state index contributed by atoms with van der Waals surface area (Å²) in [5.74, 6) is -3.30. The van der Waals surface area contributed by atoms with Crippen LogP contribution in [0.15, 0.2) is 23.8 Å². The lowest BCUT2D eigenvalue weighted by atomic mass is 9.46. The van der Waals surface area contributed by atoms with Crippen LogP contribution in [0.4, 0.5) is 4.79 Å². The Hall–Kier alpha value is -4.20. The molecule has 4 aliphatic rings. The molecular weight excluding hydrogens is 618 g/mol. The second-order valence-electron chi connectivity index (χ2n) is 13.6. The first-order valence-corrected chi connectivity index (χ1v) is 16.0. The molecule has 0 aromatic heterocycles. The van der Waals surface area contributed by atoms with E-state index in [9.17, 15) is 44.6 Å². The molecular formula is C33H41NO13. The summed E-state index contributed by atoms with van der Waals surface area (Å²) in [7, 11) is 0. The molecule has 0 amide bonds. The van der Waals surface area contributed by atoms with E-state index in [1.807, 2.05) is 6.92 Å². The van der Waals surface area contributed by atoms with Crippen LogP contribution in [-0.2, 0) is 23.9 Å². The molecule has 3 saturated carbocycles. The number of aliphatic hydroxyl groups excluding tert-OH is 1. The van der Waals surface area contributed by atoms with Gasteiger partial charge in [-0.3, -0.25) is 9.59 Å². The maximum atomic E-state index is 13.5. The minimum Gasteiger partial charge on any atom is -0.504 e. The Morgan fingerprint density at radius 1 is 1.04 bits per heavy atom. The maximum absolute atomic E-state index is 13.5. The van der Waals surface area contributed by atoms with Gasteiger partial charge in [-0.25, -0.2) is 9.59 Å². The van der Waals surface area contributed by atoms with E-state index in [1.165, 1.54) is 0 Å². The first-order valence-electron chi connectivity index (χ1n) is 16.0. The summed E-state index contributed by atoms with van der Waals surface area (Å²) in [6.45, 7) is 3.33. The van der Waals surface area contributed by atoms with Crippen LogP contribution in [0, 0.1) is 44.6 Å². The van der Waals surface area contributed by atoms with Crippen LogP contribution < -0.4 is 4.74 Å². The smallest absolute Gasteiger partial charge is 0.504 e. The summed E-state index contributed by atoms with van der Waals surface area (Å²) >= 11 is 0. The van der Waals surface area contributed by atoms with E-state index in [4.69, 9.17) is 14.2 Å². The summed E-state index contributed by atoms with van der Waals surface area (Å²) < 4.78 is 15.2. The van der Waals surface area contributed by atoms with Gasteiger partial charge in [0.2, 0.25) is 5.75 Å². The molecule has 7 atom stereocenters. The number of aromatic hydroxyl groups is 2. The van der Waals surface area contributed by atoms with Crippen molar-refractivity contribution in [3.05, 3.63) is 39.5 Å². The minimum atomic E-state index is -1.33. The molecule has 0 radical (unpaired) electrons. The summed E-state index contributed by atoms with van der Waals surface area (Å²) in [6.07, 6.45) is 4.99. The Morgan fingerprint density at radius 3 is 2.53 bits per heavy atom. The van der Waals surface area contributed by atoms with Gasteiger partial charge in [-0.05, 0) is 98.2 Å². The van der Waals surface area contributed by atoms with E-state index in [-0.39, 0.29) is 66.4 Å². The number of rotatable bonds is 11. The number of hydrogen-bond acceptors (Lipinski definition) is 13. The van der Waals surface area contributed by atoms with Crippen LogP contribution >= 0.6 is 0 Å². The molecule has 4 aliphatic carbocycles. The number of benzene rings is 1. The molecule has 1 aromatic carbocycles. The largest absolute Gasteiger partial charge is 0.514 e. The fraction of sp³-hybridized carbons (Fsp3) is 0.636. The number of carbonyl (C=O) groups excluding carboxylic acids is 4. The van der Waals surface area contributed by atoms with Gasteiger partial charge in [-0.1, -0.05) is 19.4 Å². The lowest BCUT2D eigenvalue weighted by Crippen LogP contribution is -2.57. The van der Waals surface area contributed by atoms with E-state index >= 15 is 0 Å². The number of esters is 1. The molecule has 3 fully saturated rings. The number of aliphatic hydroxyl groups is 1. The summed E-state index contributed by atoms with van der Waals surface area (Å²) in [5.41, 5.74) is 0.149. The number of fused-ring (bicyclic) bond motifs is 5. The second-order valence-corrected chi connectivity index (χ2v) is 13.6. The third kappa shape index (κ3) is 6.78. The van der Waals surface area contributed by atoms with Gasteiger partial charge in [0.25, 0.3) is 5.09 Å². The number of hydrogen-bond donors (Lipinski definition) is 3. The average Bonchev–Trinajstić information content (AvgIpc) is 3.36. The van der Waals surface area contributed by atoms with Crippen molar-refractivity contribution in [1.29, 1.82) is 0 Å². The number of phenolic OH excluding ortho intramolecular Hbond substituents is 2. The Bertz CT molecular complexity index is 1470. The van der Waals surface area contributed by atoms with Crippen LogP contribution in [0.25, 0.3) is 0 Å². The fourth-order valence-corrected chi connectivity index (χ4v) is 8.95. The van der Waals surface area contributed by atoms with Gasteiger partial charge in [0.15, 0.2) is 29.7 Å². The van der Waals surface area contributed by atoms with Crippen molar-refractivity contribution >= 4 is 23.7 Å². The molecule has 1 aromatic rings. The predicted octanol–water partition coefficient (Wildman–Crippen LogP) is 4.45. The number of ketones is 2. The molecule has 0 bridgehead atoms. The molecule has 0 spiro atoms. The zero-order valence-electron chi connectivity index (χ0n) is 26.5. The second kappa shape index (κ2) is 13.5. The van der Waals surface area contributed by atoms with Crippen LogP contribution in [0.1, 0.15) is 82.0 Å². The van der Waals surface area contributed by atoms with Crippen molar-refractivity contribution < 1.29 is 58.6 Å². The quantitative estimate of drug-likeness (QED) is 0.0750. The van der Waals surface area contributed by atoms with E-state index in [0.29, 0.717) is 19.3 Å². The molecule has 47 heavy (non-hydrogen) atoms. The average molecular weight is 660 g/mol. The Labute approximate surface area is 271 Å². The van der Waals surface area contributed by atoms with Crippen LogP contribution in [-0.4, -0.2) is 70.0 Å². The minimum absolute atomic E-state index is 0.0151. The summed E-state index contributed by atoms with van der Waals surface area (Å²) in [4.78, 5) is 64.9. The SMILES string of the molecule is CC12CCC(=O)C=C1CCC1C2C(O)CC2(C)C(C(=O)COC(=O)Oc3cc(C(=O)OCCCCO[N+](=O)[O-])cc(O)c3O)CCC12. The maximum Gasteiger partial charge on any atom is 0.514 e. The first-order chi connectivity index (χ1) is 22.2. The summed E-state index contributed by atoms with van der Waals surface area (Å²) in [6, 6.07) is 1.87. The summed E-state index contributed by atoms with van der Waals surface area (Å²) in [5, 5.41) is 41.0. The highest BCUT2D eigenvalue weighted by Crippen LogP contribution is 2.66. The number of carbonyl (C=O) groups is 4. The molecule has 0 aliphatic heterocycles. The van der Waals surface area contributed by atoms with Gasteiger partial charge < -0.3 is 34.4 Å². The van der Waals surface area contributed by atoms with Crippen molar-refractivity contribution in [2.24, 2.45) is 34.5 Å². The third-order valence-corrected chi connectivity index (χ3v) is 11.1. The number of unbranched alkanes of at least 4 members (excludes halogenated alkanes) is 1. The van der Waals surface area contributed by atoms with Crippen LogP contribution in [0.3, 0.4) is 0 Å². The molecule has 7 unspecified atom stereocenters. The van der Waals surface area contributed by atoms with Crippen molar-refractivity contribution in [3.63, 3.8) is 0 Å². The zero-order valence-corrected chi connectivity index (χ0v) is 26.5. The van der Waals surface area contributed by atoms with Crippen molar-refractivity contribution in [2.45, 2.75) is 77.7 Å². The Kier molecular flexibility index (Phi) is 9.81. The van der Waals surface area contributed by atoms with Gasteiger partial charge in [-0.2, -0.15) is 0 Å². The number of Topliss-reactive ketones (excluding diaryl/α,β-unsaturated/α-hetero) is 1. The lowest BCUT2D eigenvalue weighted by Gasteiger charge is -2.59. The Morgan fingerprint density at radius 2 is 1.79 bits per heavy atom. The van der Waals surface area contributed by atoms with Crippen molar-refractivity contribution in [3.8, 4) is 17.2 Å².